The molecule has 1 amide bonds. The lowest BCUT2D eigenvalue weighted by Gasteiger charge is -2.06. The van der Waals surface area contributed by atoms with Gasteiger partial charge < -0.3 is 10.1 Å². The molecule has 3 rings (SSSR count). The van der Waals surface area contributed by atoms with Crippen LogP contribution >= 0.6 is 0 Å². The Balaban J connectivity index is 1.86. The molecule has 104 valence electrons. The van der Waals surface area contributed by atoms with Crippen LogP contribution in [0, 0.1) is 0 Å². The molecule has 3 aromatic rings. The zero-order valence-corrected chi connectivity index (χ0v) is 11.3. The molecule has 0 unspecified atom stereocenters. The molecular weight excluding hydrogens is 268 g/mol. The maximum atomic E-state index is 12.2. The van der Waals surface area contributed by atoms with Gasteiger partial charge in [0.05, 0.1) is 12.6 Å². The van der Waals surface area contributed by atoms with Crippen LogP contribution in [0.3, 0.4) is 0 Å². The van der Waals surface area contributed by atoms with Crippen LogP contribution in [0.4, 0.5) is 5.82 Å². The lowest BCUT2D eigenvalue weighted by molar-refractivity contribution is 0.102. The van der Waals surface area contributed by atoms with Gasteiger partial charge in [0.1, 0.15) is 17.9 Å². The standard InChI is InChI=1S/C15H12N4O2/c1-21-12-4-5-17-14(7-12)19-15(20)10-2-3-11-8-16-9-18-13(11)6-10/h2-9H,1H3,(H,17,19,20). The van der Waals surface area contributed by atoms with Crippen LogP contribution in [0.1, 0.15) is 10.4 Å². The van der Waals surface area contributed by atoms with E-state index in [1.54, 1.807) is 43.8 Å². The van der Waals surface area contributed by atoms with Crippen molar-refractivity contribution in [3.05, 3.63) is 54.6 Å². The second kappa shape index (κ2) is 5.54. The van der Waals surface area contributed by atoms with E-state index in [4.69, 9.17) is 4.74 Å². The van der Waals surface area contributed by atoms with Crippen LogP contribution < -0.4 is 10.1 Å². The highest BCUT2D eigenvalue weighted by molar-refractivity contribution is 6.05. The highest BCUT2D eigenvalue weighted by Crippen LogP contribution is 2.16. The molecule has 6 nitrogen and oxygen atoms in total. The maximum absolute atomic E-state index is 12.2. The lowest BCUT2D eigenvalue weighted by Crippen LogP contribution is -2.13. The Labute approximate surface area is 120 Å². The van der Waals surface area contributed by atoms with Gasteiger partial charge in [-0.1, -0.05) is 6.07 Å². The number of anilines is 1. The number of nitrogens with one attached hydrogen (secondary N) is 1. The largest absolute Gasteiger partial charge is 0.497 e. The van der Waals surface area contributed by atoms with Crippen molar-refractivity contribution in [3.8, 4) is 5.75 Å². The van der Waals surface area contributed by atoms with Crippen molar-refractivity contribution in [1.29, 1.82) is 0 Å². The number of pyridine rings is 1. The number of methoxy groups -OCH3 is 1. The number of ether oxygens (including phenoxy) is 1. The molecule has 0 aliphatic rings. The molecule has 2 heterocycles. The lowest BCUT2D eigenvalue weighted by atomic mass is 10.1. The fourth-order valence-electron chi connectivity index (χ4n) is 1.91. The monoisotopic (exact) mass is 280 g/mol. The summed E-state index contributed by atoms with van der Waals surface area (Å²) in [5.41, 5.74) is 1.22. The third kappa shape index (κ3) is 2.79. The van der Waals surface area contributed by atoms with Crippen molar-refractivity contribution < 1.29 is 9.53 Å². The summed E-state index contributed by atoms with van der Waals surface area (Å²) in [7, 11) is 1.56. The quantitative estimate of drug-likeness (QED) is 0.796. The molecule has 0 saturated heterocycles. The van der Waals surface area contributed by atoms with E-state index in [-0.39, 0.29) is 5.91 Å². The molecule has 0 fully saturated rings. The Morgan fingerprint density at radius 1 is 1.19 bits per heavy atom. The fraction of sp³-hybridized carbons (Fsp3) is 0.0667. The Kier molecular flexibility index (Phi) is 3.42. The molecule has 0 spiro atoms. The number of rotatable bonds is 3. The summed E-state index contributed by atoms with van der Waals surface area (Å²) >= 11 is 0. The highest BCUT2D eigenvalue weighted by atomic mass is 16.5. The van der Waals surface area contributed by atoms with Crippen LogP contribution in [0.2, 0.25) is 0 Å². The van der Waals surface area contributed by atoms with Crippen LogP contribution in [0.15, 0.2) is 49.1 Å². The number of carbonyl (C=O) groups is 1. The van der Waals surface area contributed by atoms with Crippen molar-refractivity contribution in [2.45, 2.75) is 0 Å². The van der Waals surface area contributed by atoms with Crippen LogP contribution in [-0.4, -0.2) is 28.0 Å². The zero-order valence-electron chi connectivity index (χ0n) is 11.3. The molecule has 0 atom stereocenters. The first-order chi connectivity index (χ1) is 10.3. The molecule has 0 aliphatic heterocycles. The van der Waals surface area contributed by atoms with Crippen molar-refractivity contribution in [1.82, 2.24) is 15.0 Å². The van der Waals surface area contributed by atoms with Crippen molar-refractivity contribution in [2.24, 2.45) is 0 Å². The maximum Gasteiger partial charge on any atom is 0.256 e. The third-order valence-electron chi connectivity index (χ3n) is 2.98. The second-order valence-electron chi connectivity index (χ2n) is 4.33. The molecule has 0 radical (unpaired) electrons. The minimum atomic E-state index is -0.253. The Morgan fingerprint density at radius 3 is 2.95 bits per heavy atom. The SMILES string of the molecule is COc1ccnc(NC(=O)c2ccc3cncnc3c2)c1. The van der Waals surface area contributed by atoms with Crippen LogP contribution in [0.5, 0.6) is 5.75 Å². The van der Waals surface area contributed by atoms with E-state index < -0.39 is 0 Å². The average Bonchev–Trinajstić information content (AvgIpc) is 2.54. The van der Waals surface area contributed by atoms with E-state index in [1.165, 1.54) is 6.33 Å². The Morgan fingerprint density at radius 2 is 2.10 bits per heavy atom. The van der Waals surface area contributed by atoms with Gasteiger partial charge in [-0.3, -0.25) is 4.79 Å². The summed E-state index contributed by atoms with van der Waals surface area (Å²) in [6, 6.07) is 8.61. The van der Waals surface area contributed by atoms with Gasteiger partial charge in [-0.25, -0.2) is 15.0 Å². The van der Waals surface area contributed by atoms with Crippen molar-refractivity contribution in [2.75, 3.05) is 12.4 Å². The molecule has 1 N–H and O–H groups in total. The van der Waals surface area contributed by atoms with Crippen LogP contribution in [-0.2, 0) is 0 Å². The smallest absolute Gasteiger partial charge is 0.256 e. The highest BCUT2D eigenvalue weighted by Gasteiger charge is 2.08. The van der Waals surface area contributed by atoms with Gasteiger partial charge in [0.15, 0.2) is 0 Å². The number of nitrogens with zero attached hydrogens (tertiary/aromatic N) is 3. The summed E-state index contributed by atoms with van der Waals surface area (Å²) in [5.74, 6) is 0.810. The van der Waals surface area contributed by atoms with E-state index >= 15 is 0 Å². The number of carbonyl (C=O) groups excluding carboxylic acids is 1. The van der Waals surface area contributed by atoms with Gasteiger partial charge in [-0.2, -0.15) is 0 Å². The van der Waals surface area contributed by atoms with E-state index in [9.17, 15) is 4.79 Å². The summed E-state index contributed by atoms with van der Waals surface area (Å²) in [4.78, 5) is 24.4. The van der Waals surface area contributed by atoms with Gasteiger partial charge in [0, 0.05) is 29.4 Å². The molecule has 0 aliphatic carbocycles. The summed E-state index contributed by atoms with van der Waals surface area (Å²) in [5, 5.41) is 3.61. The molecule has 2 aromatic heterocycles. The predicted molar refractivity (Wildman–Crippen MR) is 78.3 cm³/mol. The molecule has 0 bridgehead atoms. The van der Waals surface area contributed by atoms with Crippen LogP contribution in [0.25, 0.3) is 10.9 Å². The first-order valence-electron chi connectivity index (χ1n) is 6.27. The van der Waals surface area contributed by atoms with Gasteiger partial charge in [-0.15, -0.1) is 0 Å². The number of hydrogen-bond donors (Lipinski definition) is 1. The molecule has 21 heavy (non-hydrogen) atoms. The van der Waals surface area contributed by atoms with Gasteiger partial charge in [0.25, 0.3) is 5.91 Å². The Bertz CT molecular complexity index is 804. The minimum Gasteiger partial charge on any atom is -0.497 e. The van der Waals surface area contributed by atoms with Gasteiger partial charge in [0.2, 0.25) is 0 Å². The number of benzene rings is 1. The molecule has 1 aromatic carbocycles. The van der Waals surface area contributed by atoms with Gasteiger partial charge in [-0.05, 0) is 18.2 Å². The first-order valence-corrected chi connectivity index (χ1v) is 6.27. The minimum absolute atomic E-state index is 0.253. The topological polar surface area (TPSA) is 77.0 Å². The predicted octanol–water partition coefficient (Wildman–Crippen LogP) is 2.29. The number of fused-ring (bicyclic) bond motifs is 1. The number of aromatic nitrogens is 3. The number of hydrogen-bond acceptors (Lipinski definition) is 5. The normalized spacial score (nSPS) is 10.3. The summed E-state index contributed by atoms with van der Waals surface area (Å²) in [6.07, 6.45) is 4.73. The fourth-order valence-corrected chi connectivity index (χ4v) is 1.91. The zero-order chi connectivity index (χ0) is 14.7. The molecule has 6 heteroatoms. The first kappa shape index (κ1) is 13.0. The van der Waals surface area contributed by atoms with E-state index in [2.05, 4.69) is 20.3 Å². The second-order valence-corrected chi connectivity index (χ2v) is 4.33. The third-order valence-corrected chi connectivity index (χ3v) is 2.98. The van der Waals surface area contributed by atoms with E-state index in [0.29, 0.717) is 17.1 Å². The van der Waals surface area contributed by atoms with E-state index in [0.717, 1.165) is 10.9 Å². The van der Waals surface area contributed by atoms with Crippen molar-refractivity contribution >= 4 is 22.6 Å². The summed E-state index contributed by atoms with van der Waals surface area (Å²) < 4.78 is 5.09. The van der Waals surface area contributed by atoms with Crippen molar-refractivity contribution in [3.63, 3.8) is 0 Å². The summed E-state index contributed by atoms with van der Waals surface area (Å²) in [6.45, 7) is 0. The molecule has 0 saturated carbocycles. The Hall–Kier alpha value is -3.02. The molecular formula is C15H12N4O2. The average molecular weight is 280 g/mol. The number of amides is 1. The van der Waals surface area contributed by atoms with Gasteiger partial charge >= 0.3 is 0 Å². The van der Waals surface area contributed by atoms with E-state index in [1.807, 2.05) is 6.07 Å².